The Hall–Kier alpha value is -1.92. The molecule has 1 heterocycles. The number of benzene rings is 1. The summed E-state index contributed by atoms with van der Waals surface area (Å²) in [5.74, 6) is 0.897. The van der Waals surface area contributed by atoms with E-state index in [0.717, 1.165) is 42.8 Å². The maximum Gasteiger partial charge on any atom is 0.193 e. The Bertz CT molecular complexity index is 638. The third-order valence-corrected chi connectivity index (χ3v) is 4.53. The van der Waals surface area contributed by atoms with Crippen molar-refractivity contribution in [2.24, 2.45) is 4.99 Å². The third-order valence-electron chi connectivity index (χ3n) is 3.71. The number of rotatable bonds is 7. The van der Waals surface area contributed by atoms with Gasteiger partial charge in [-0.1, -0.05) is 30.3 Å². The van der Waals surface area contributed by atoms with Gasteiger partial charge in [0.15, 0.2) is 5.96 Å². The quantitative estimate of drug-likeness (QED) is 0.619. The van der Waals surface area contributed by atoms with Crippen LogP contribution in [-0.2, 0) is 13.1 Å². The van der Waals surface area contributed by atoms with Gasteiger partial charge in [-0.2, -0.15) is 0 Å². The van der Waals surface area contributed by atoms with Crippen molar-refractivity contribution in [3.8, 4) is 0 Å². The van der Waals surface area contributed by atoms with Crippen LogP contribution in [0.4, 0.5) is 0 Å². The molecule has 0 spiro atoms. The number of nitrogens with zero attached hydrogens (tertiary/aromatic N) is 4. The van der Waals surface area contributed by atoms with Crippen LogP contribution >= 0.6 is 11.3 Å². The average Bonchev–Trinajstić information content (AvgIpc) is 2.97. The van der Waals surface area contributed by atoms with Crippen molar-refractivity contribution < 1.29 is 0 Å². The third kappa shape index (κ3) is 5.94. The van der Waals surface area contributed by atoms with E-state index in [4.69, 9.17) is 0 Å². The predicted molar refractivity (Wildman–Crippen MR) is 102 cm³/mol. The van der Waals surface area contributed by atoms with Gasteiger partial charge in [-0.05, 0) is 19.5 Å². The molecule has 2 aromatic rings. The molecule has 6 heteroatoms. The summed E-state index contributed by atoms with van der Waals surface area (Å²) in [4.78, 5) is 13.3. The molecule has 0 amide bonds. The summed E-state index contributed by atoms with van der Waals surface area (Å²) in [6.45, 7) is 5.57. The van der Waals surface area contributed by atoms with Crippen molar-refractivity contribution in [1.82, 2.24) is 20.1 Å². The van der Waals surface area contributed by atoms with Gasteiger partial charge in [-0.3, -0.25) is 4.99 Å². The average molecular weight is 346 g/mol. The van der Waals surface area contributed by atoms with Crippen LogP contribution in [-0.4, -0.2) is 55.0 Å². The Balaban J connectivity index is 1.74. The second-order valence-electron chi connectivity index (χ2n) is 5.91. The van der Waals surface area contributed by atoms with Gasteiger partial charge in [0.25, 0.3) is 0 Å². The van der Waals surface area contributed by atoms with Crippen LogP contribution in [0.15, 0.2) is 40.7 Å². The zero-order chi connectivity index (χ0) is 17.4. The molecule has 1 aromatic heterocycles. The molecule has 0 saturated heterocycles. The highest BCUT2D eigenvalue weighted by molar-refractivity contribution is 7.09. The molecular formula is C18H27N5S. The fraction of sp³-hybridized carbons (Fsp3) is 0.444. The number of nitrogens with one attached hydrogen (secondary N) is 1. The summed E-state index contributed by atoms with van der Waals surface area (Å²) in [6, 6.07) is 10.5. The van der Waals surface area contributed by atoms with Crippen molar-refractivity contribution in [3.05, 3.63) is 52.0 Å². The standard InChI is InChI=1S/C18H27N5S/c1-15-21-17(14-24-15)13-23(4)18(19-2)20-10-11-22(3)12-16-8-6-5-7-9-16/h5-9,14H,10-13H2,1-4H3,(H,19,20). The van der Waals surface area contributed by atoms with Crippen molar-refractivity contribution in [2.45, 2.75) is 20.0 Å². The largest absolute Gasteiger partial charge is 0.355 e. The van der Waals surface area contributed by atoms with Gasteiger partial charge in [0, 0.05) is 39.1 Å². The maximum absolute atomic E-state index is 4.51. The van der Waals surface area contributed by atoms with Crippen molar-refractivity contribution >= 4 is 17.3 Å². The molecule has 0 unspecified atom stereocenters. The molecule has 1 N–H and O–H groups in total. The number of thiazole rings is 1. The van der Waals surface area contributed by atoms with E-state index >= 15 is 0 Å². The highest BCUT2D eigenvalue weighted by Crippen LogP contribution is 2.09. The lowest BCUT2D eigenvalue weighted by atomic mass is 10.2. The molecule has 0 aliphatic heterocycles. The van der Waals surface area contributed by atoms with Crippen LogP contribution in [0.3, 0.4) is 0 Å². The van der Waals surface area contributed by atoms with E-state index in [-0.39, 0.29) is 0 Å². The lowest BCUT2D eigenvalue weighted by Gasteiger charge is -2.23. The smallest absolute Gasteiger partial charge is 0.193 e. The molecule has 0 fully saturated rings. The summed E-state index contributed by atoms with van der Waals surface area (Å²) in [7, 11) is 6.00. The van der Waals surface area contributed by atoms with Crippen molar-refractivity contribution in [2.75, 3.05) is 34.2 Å². The second kappa shape index (κ2) is 9.39. The minimum absolute atomic E-state index is 0.768. The second-order valence-corrected chi connectivity index (χ2v) is 6.97. The normalized spacial score (nSPS) is 11.8. The summed E-state index contributed by atoms with van der Waals surface area (Å²) >= 11 is 1.68. The molecule has 0 aliphatic carbocycles. The lowest BCUT2D eigenvalue weighted by molar-refractivity contribution is 0.328. The molecule has 0 bridgehead atoms. The Morgan fingerprint density at radius 3 is 2.58 bits per heavy atom. The van der Waals surface area contributed by atoms with E-state index in [0.29, 0.717) is 0 Å². The van der Waals surface area contributed by atoms with E-state index < -0.39 is 0 Å². The summed E-state index contributed by atoms with van der Waals surface area (Å²) in [6.07, 6.45) is 0. The van der Waals surface area contributed by atoms with E-state index in [9.17, 15) is 0 Å². The molecule has 2 rings (SSSR count). The number of hydrogen-bond acceptors (Lipinski definition) is 4. The van der Waals surface area contributed by atoms with Gasteiger partial charge in [0.05, 0.1) is 17.2 Å². The fourth-order valence-electron chi connectivity index (χ4n) is 2.52. The monoisotopic (exact) mass is 345 g/mol. The molecule has 1 aromatic carbocycles. The predicted octanol–water partition coefficient (Wildman–Crippen LogP) is 2.59. The molecule has 0 atom stereocenters. The highest BCUT2D eigenvalue weighted by atomic mass is 32.1. The maximum atomic E-state index is 4.51. The van der Waals surface area contributed by atoms with Gasteiger partial charge >= 0.3 is 0 Å². The van der Waals surface area contributed by atoms with E-state index in [1.807, 2.05) is 21.0 Å². The van der Waals surface area contributed by atoms with Gasteiger partial charge < -0.3 is 15.1 Å². The van der Waals surface area contributed by atoms with Crippen LogP contribution in [0.5, 0.6) is 0 Å². The molecule has 5 nitrogen and oxygen atoms in total. The first-order valence-electron chi connectivity index (χ1n) is 8.13. The van der Waals surface area contributed by atoms with Crippen LogP contribution in [0.25, 0.3) is 0 Å². The number of aliphatic imine (C=N–C) groups is 1. The number of aromatic nitrogens is 1. The Morgan fingerprint density at radius 2 is 1.96 bits per heavy atom. The lowest BCUT2D eigenvalue weighted by Crippen LogP contribution is -2.41. The molecule has 130 valence electrons. The number of likely N-dealkylation sites (N-methyl/N-ethyl adjacent to an activating group) is 1. The Morgan fingerprint density at radius 1 is 1.21 bits per heavy atom. The van der Waals surface area contributed by atoms with Gasteiger partial charge in [0.1, 0.15) is 0 Å². The summed E-state index contributed by atoms with van der Waals surface area (Å²) in [5.41, 5.74) is 2.42. The molecule has 0 aliphatic rings. The van der Waals surface area contributed by atoms with Gasteiger partial charge in [-0.15, -0.1) is 11.3 Å². The summed E-state index contributed by atoms with van der Waals surface area (Å²) in [5, 5.41) is 6.63. The van der Waals surface area contributed by atoms with Crippen LogP contribution < -0.4 is 5.32 Å². The SMILES string of the molecule is CN=C(NCCN(C)Cc1ccccc1)N(C)Cc1csc(C)n1. The van der Waals surface area contributed by atoms with Gasteiger partial charge in [-0.25, -0.2) is 4.98 Å². The van der Waals surface area contributed by atoms with E-state index in [2.05, 4.69) is 67.9 Å². The molecule has 0 radical (unpaired) electrons. The molecular weight excluding hydrogens is 318 g/mol. The Labute approximate surface area is 149 Å². The van der Waals surface area contributed by atoms with E-state index in [1.54, 1.807) is 11.3 Å². The minimum atomic E-state index is 0.768. The minimum Gasteiger partial charge on any atom is -0.355 e. The number of guanidine groups is 1. The fourth-order valence-corrected chi connectivity index (χ4v) is 3.12. The van der Waals surface area contributed by atoms with Crippen LogP contribution in [0.2, 0.25) is 0 Å². The first-order chi connectivity index (χ1) is 11.6. The molecule has 0 saturated carbocycles. The number of aryl methyl sites for hydroxylation is 1. The molecule has 24 heavy (non-hydrogen) atoms. The first kappa shape index (κ1) is 18.4. The summed E-state index contributed by atoms with van der Waals surface area (Å²) < 4.78 is 0. The Kier molecular flexibility index (Phi) is 7.21. The van der Waals surface area contributed by atoms with Crippen LogP contribution in [0.1, 0.15) is 16.3 Å². The highest BCUT2D eigenvalue weighted by Gasteiger charge is 2.08. The zero-order valence-electron chi connectivity index (χ0n) is 15.0. The first-order valence-corrected chi connectivity index (χ1v) is 9.01. The van der Waals surface area contributed by atoms with E-state index in [1.165, 1.54) is 5.56 Å². The van der Waals surface area contributed by atoms with Gasteiger partial charge in [0.2, 0.25) is 0 Å². The zero-order valence-corrected chi connectivity index (χ0v) is 15.8. The van der Waals surface area contributed by atoms with Crippen molar-refractivity contribution in [1.29, 1.82) is 0 Å². The topological polar surface area (TPSA) is 43.8 Å². The van der Waals surface area contributed by atoms with Crippen molar-refractivity contribution in [3.63, 3.8) is 0 Å². The van der Waals surface area contributed by atoms with Crippen LogP contribution in [0, 0.1) is 6.92 Å². The number of hydrogen-bond donors (Lipinski definition) is 1.